The first-order chi connectivity index (χ1) is 13.9. The Kier molecular flexibility index (Phi) is 5.52. The summed E-state index contributed by atoms with van der Waals surface area (Å²) in [7, 11) is 0. The van der Waals surface area contributed by atoms with Crippen LogP contribution in [0.4, 0.5) is 11.6 Å². The van der Waals surface area contributed by atoms with Crippen LogP contribution in [0, 0.1) is 5.92 Å². The molecule has 0 saturated carbocycles. The fourth-order valence-electron chi connectivity index (χ4n) is 3.83. The number of carbonyl (C=O) groups is 1. The summed E-state index contributed by atoms with van der Waals surface area (Å²) in [6.07, 6.45) is 4.76. The number of hydrogen-bond donors (Lipinski definition) is 2. The smallest absolute Gasteiger partial charge is 0.247 e. The molecule has 1 saturated heterocycles. The second kappa shape index (κ2) is 8.08. The number of aliphatic hydroxyl groups is 1. The standard InChI is InChI=1S/C22H28N4O3/c1-22(2,28)17-5-3-16(4-6-17)18-13-23-20-21(25-18)26(19(27)14-24-20)10-7-15-8-11-29-12-9-15/h3-6,13,15,28H,7-12,14H2,1-2H3,(H,23,24). The summed E-state index contributed by atoms with van der Waals surface area (Å²) in [6.45, 7) is 6.02. The number of carbonyl (C=O) groups excluding carboxylic acids is 1. The van der Waals surface area contributed by atoms with Crippen molar-refractivity contribution in [2.24, 2.45) is 5.92 Å². The number of rotatable bonds is 5. The first-order valence-electron chi connectivity index (χ1n) is 10.2. The van der Waals surface area contributed by atoms with Gasteiger partial charge in [-0.3, -0.25) is 9.69 Å². The Hall–Kier alpha value is -2.51. The molecule has 2 N–H and O–H groups in total. The Labute approximate surface area is 171 Å². The van der Waals surface area contributed by atoms with Gasteiger partial charge >= 0.3 is 0 Å². The van der Waals surface area contributed by atoms with E-state index in [1.54, 1.807) is 24.9 Å². The lowest BCUT2D eigenvalue weighted by molar-refractivity contribution is -0.117. The van der Waals surface area contributed by atoms with Crippen molar-refractivity contribution in [2.75, 3.05) is 36.5 Å². The van der Waals surface area contributed by atoms with Gasteiger partial charge in [0.05, 0.1) is 24.0 Å². The lowest BCUT2D eigenvalue weighted by Crippen LogP contribution is -2.42. The van der Waals surface area contributed by atoms with E-state index in [4.69, 9.17) is 9.72 Å². The molecule has 4 rings (SSSR count). The fraction of sp³-hybridized carbons (Fsp3) is 0.500. The summed E-state index contributed by atoms with van der Waals surface area (Å²) in [5.74, 6) is 1.85. The summed E-state index contributed by atoms with van der Waals surface area (Å²) in [5, 5.41) is 13.2. The minimum absolute atomic E-state index is 0.0217. The zero-order chi connectivity index (χ0) is 20.4. The average Bonchev–Trinajstić information content (AvgIpc) is 2.73. The van der Waals surface area contributed by atoms with Crippen molar-refractivity contribution < 1.29 is 14.6 Å². The molecule has 2 aliphatic heterocycles. The monoisotopic (exact) mass is 396 g/mol. The maximum Gasteiger partial charge on any atom is 0.247 e. The molecular formula is C22H28N4O3. The number of nitrogens with zero attached hydrogens (tertiary/aromatic N) is 3. The largest absolute Gasteiger partial charge is 0.386 e. The highest BCUT2D eigenvalue weighted by atomic mass is 16.5. The summed E-state index contributed by atoms with van der Waals surface area (Å²) in [6, 6.07) is 7.63. The Morgan fingerprint density at radius 2 is 1.97 bits per heavy atom. The van der Waals surface area contributed by atoms with Gasteiger partial charge in [0.25, 0.3) is 0 Å². The Balaban J connectivity index is 1.56. The van der Waals surface area contributed by atoms with E-state index in [1.165, 1.54) is 0 Å². The number of anilines is 2. The highest BCUT2D eigenvalue weighted by molar-refractivity contribution is 6.00. The van der Waals surface area contributed by atoms with Crippen LogP contribution in [-0.4, -0.2) is 47.3 Å². The zero-order valence-electron chi connectivity index (χ0n) is 17.0. The van der Waals surface area contributed by atoms with E-state index in [9.17, 15) is 9.90 Å². The van der Waals surface area contributed by atoms with E-state index in [0.29, 0.717) is 29.8 Å². The maximum absolute atomic E-state index is 12.6. The number of fused-ring (bicyclic) bond motifs is 1. The summed E-state index contributed by atoms with van der Waals surface area (Å²) < 4.78 is 5.43. The molecule has 0 bridgehead atoms. The van der Waals surface area contributed by atoms with Crippen molar-refractivity contribution in [1.29, 1.82) is 0 Å². The van der Waals surface area contributed by atoms with Crippen LogP contribution in [0.25, 0.3) is 11.3 Å². The molecule has 0 unspecified atom stereocenters. The van der Waals surface area contributed by atoms with Crippen LogP contribution in [0.2, 0.25) is 0 Å². The van der Waals surface area contributed by atoms with Crippen LogP contribution in [0.5, 0.6) is 0 Å². The molecule has 0 atom stereocenters. The first-order valence-corrected chi connectivity index (χ1v) is 10.2. The number of aromatic nitrogens is 2. The van der Waals surface area contributed by atoms with Crippen molar-refractivity contribution in [3.05, 3.63) is 36.0 Å². The van der Waals surface area contributed by atoms with Gasteiger partial charge in [0.1, 0.15) is 0 Å². The SMILES string of the molecule is CC(C)(O)c1ccc(-c2cnc3c(n2)N(CCC2CCOCC2)C(=O)CN3)cc1. The molecule has 1 aromatic heterocycles. The predicted molar refractivity (Wildman–Crippen MR) is 112 cm³/mol. The molecule has 29 heavy (non-hydrogen) atoms. The molecule has 7 nitrogen and oxygen atoms in total. The van der Waals surface area contributed by atoms with Gasteiger partial charge in [-0.05, 0) is 44.6 Å². The second-order valence-corrected chi connectivity index (χ2v) is 8.31. The number of hydrogen-bond acceptors (Lipinski definition) is 6. The summed E-state index contributed by atoms with van der Waals surface area (Å²) in [5.41, 5.74) is 1.55. The lowest BCUT2D eigenvalue weighted by Gasteiger charge is -2.30. The molecule has 7 heteroatoms. The van der Waals surface area contributed by atoms with Crippen molar-refractivity contribution in [1.82, 2.24) is 9.97 Å². The molecule has 1 fully saturated rings. The minimum Gasteiger partial charge on any atom is -0.386 e. The van der Waals surface area contributed by atoms with Gasteiger partial charge < -0.3 is 15.2 Å². The topological polar surface area (TPSA) is 87.6 Å². The Morgan fingerprint density at radius 3 is 2.66 bits per heavy atom. The van der Waals surface area contributed by atoms with E-state index in [0.717, 1.165) is 43.6 Å². The van der Waals surface area contributed by atoms with Crippen molar-refractivity contribution in [3.8, 4) is 11.3 Å². The number of benzene rings is 1. The number of nitrogens with one attached hydrogen (secondary N) is 1. The van der Waals surface area contributed by atoms with Crippen LogP contribution in [0.15, 0.2) is 30.5 Å². The Morgan fingerprint density at radius 1 is 1.24 bits per heavy atom. The summed E-state index contributed by atoms with van der Waals surface area (Å²) >= 11 is 0. The van der Waals surface area contributed by atoms with Crippen LogP contribution in [0.1, 0.15) is 38.7 Å². The first kappa shape index (κ1) is 19.8. The minimum atomic E-state index is -0.892. The van der Waals surface area contributed by atoms with Crippen molar-refractivity contribution in [2.45, 2.75) is 38.7 Å². The van der Waals surface area contributed by atoms with Crippen molar-refractivity contribution >= 4 is 17.5 Å². The molecule has 2 aromatic rings. The third-order valence-corrected chi connectivity index (χ3v) is 5.71. The van der Waals surface area contributed by atoms with Crippen molar-refractivity contribution in [3.63, 3.8) is 0 Å². The summed E-state index contributed by atoms with van der Waals surface area (Å²) in [4.78, 5) is 23.6. The maximum atomic E-state index is 12.6. The van der Waals surface area contributed by atoms with Gasteiger partial charge in [0.2, 0.25) is 5.91 Å². The van der Waals surface area contributed by atoms with E-state index in [-0.39, 0.29) is 12.5 Å². The molecule has 3 heterocycles. The normalized spacial score (nSPS) is 17.8. The molecular weight excluding hydrogens is 368 g/mol. The molecule has 2 aliphatic rings. The van der Waals surface area contributed by atoms with Crippen LogP contribution in [-0.2, 0) is 15.1 Å². The third-order valence-electron chi connectivity index (χ3n) is 5.71. The number of amides is 1. The van der Waals surface area contributed by atoms with Crippen LogP contribution >= 0.6 is 0 Å². The molecule has 154 valence electrons. The van der Waals surface area contributed by atoms with Gasteiger partial charge in [-0.1, -0.05) is 24.3 Å². The highest BCUT2D eigenvalue weighted by Crippen LogP contribution is 2.31. The molecule has 0 radical (unpaired) electrons. The molecule has 0 spiro atoms. The van der Waals surface area contributed by atoms with Crippen LogP contribution < -0.4 is 10.2 Å². The quantitative estimate of drug-likeness (QED) is 0.808. The van der Waals surface area contributed by atoms with Gasteiger partial charge in [-0.2, -0.15) is 0 Å². The van der Waals surface area contributed by atoms with Gasteiger partial charge in [0.15, 0.2) is 11.6 Å². The van der Waals surface area contributed by atoms with E-state index < -0.39 is 5.60 Å². The van der Waals surface area contributed by atoms with E-state index in [1.807, 2.05) is 24.3 Å². The zero-order valence-corrected chi connectivity index (χ0v) is 17.0. The molecule has 1 aromatic carbocycles. The van der Waals surface area contributed by atoms with E-state index >= 15 is 0 Å². The molecule has 1 amide bonds. The lowest BCUT2D eigenvalue weighted by atomic mass is 9.96. The fourth-order valence-corrected chi connectivity index (χ4v) is 3.83. The van der Waals surface area contributed by atoms with Gasteiger partial charge in [0, 0.05) is 25.3 Å². The average molecular weight is 396 g/mol. The number of ether oxygens (including phenoxy) is 1. The predicted octanol–water partition coefficient (Wildman–Crippen LogP) is 2.95. The van der Waals surface area contributed by atoms with Gasteiger partial charge in [-0.25, -0.2) is 9.97 Å². The molecule has 0 aliphatic carbocycles. The third kappa shape index (κ3) is 4.41. The Bertz CT molecular complexity index is 871. The highest BCUT2D eigenvalue weighted by Gasteiger charge is 2.28. The van der Waals surface area contributed by atoms with E-state index in [2.05, 4.69) is 10.3 Å². The van der Waals surface area contributed by atoms with Crippen LogP contribution in [0.3, 0.4) is 0 Å². The second-order valence-electron chi connectivity index (χ2n) is 8.31. The van der Waals surface area contributed by atoms with Gasteiger partial charge in [-0.15, -0.1) is 0 Å².